The molecule has 0 aliphatic rings. The maximum absolute atomic E-state index is 10.0. The molecule has 9 heavy (non-hydrogen) atoms. The van der Waals surface area contributed by atoms with Crippen molar-refractivity contribution in [3.63, 3.8) is 0 Å². The lowest BCUT2D eigenvalue weighted by Gasteiger charge is -1.77. The molecule has 0 aliphatic heterocycles. The summed E-state index contributed by atoms with van der Waals surface area (Å²) in [5.41, 5.74) is 0. The largest absolute Gasteiger partial charge is 0.533 e. The number of nitrogens with zero attached hydrogens (tertiary/aromatic N) is 2. The van der Waals surface area contributed by atoms with E-state index in [2.05, 4.69) is 9.69 Å². The van der Waals surface area contributed by atoms with Crippen LogP contribution in [0.15, 0.2) is 12.0 Å². The van der Waals surface area contributed by atoms with Gasteiger partial charge in [0.2, 0.25) is 0 Å². The molecule has 0 saturated heterocycles. The number of rotatable bonds is 1. The average Bonchev–Trinajstić information content (AvgIpc) is 1.87. The summed E-state index contributed by atoms with van der Waals surface area (Å²) >= 11 is 0. The fourth-order valence-electron chi connectivity index (χ4n) is 0.175. The minimum absolute atomic E-state index is 0.569. The Balaban J connectivity index is 4.22. The van der Waals surface area contributed by atoms with E-state index in [1.165, 1.54) is 0 Å². The summed E-state index contributed by atoms with van der Waals surface area (Å²) in [5, 5.41) is 8.30. The molecule has 1 N–H and O–H groups in total. The van der Waals surface area contributed by atoms with Crippen molar-refractivity contribution in [1.82, 2.24) is 0 Å². The average molecular weight is 122 g/mol. The van der Waals surface area contributed by atoms with Gasteiger partial charge >= 0.3 is 11.8 Å². The summed E-state index contributed by atoms with van der Waals surface area (Å²) < 4.78 is 0. The second-order valence-electron chi connectivity index (χ2n) is 1.06. The van der Waals surface area contributed by atoms with Gasteiger partial charge in [0.25, 0.3) is 0 Å². The van der Waals surface area contributed by atoms with Gasteiger partial charge in [-0.2, -0.15) is 9.69 Å². The molecule has 0 aromatic rings. The number of amides is 1. The van der Waals surface area contributed by atoms with Crippen LogP contribution in [-0.4, -0.2) is 11.0 Å². The van der Waals surface area contributed by atoms with Gasteiger partial charge in [0.15, 0.2) is 0 Å². The molecule has 0 atom stereocenters. The molecule has 0 aliphatic carbocycles. The van der Waals surface area contributed by atoms with Gasteiger partial charge in [0.05, 0.1) is 13.1 Å². The Morgan fingerprint density at radius 3 is 2.33 bits per heavy atom. The minimum Gasteiger partial charge on any atom is -0.533 e. The van der Waals surface area contributed by atoms with Gasteiger partial charge in [-0.25, -0.2) is 0 Å². The zero-order chi connectivity index (χ0) is 7.28. The normalized spacial score (nSPS) is 9.33. The molecule has 1 amide bonds. The van der Waals surface area contributed by atoms with Crippen molar-refractivity contribution in [2.24, 2.45) is 0 Å². The molecule has 44 valence electrons. The van der Waals surface area contributed by atoms with Gasteiger partial charge in [-0.1, -0.05) is 0 Å². The van der Waals surface area contributed by atoms with E-state index in [-0.39, 0.29) is 0 Å². The Morgan fingerprint density at radius 2 is 2.00 bits per heavy atom. The van der Waals surface area contributed by atoms with Crippen molar-refractivity contribution < 1.29 is 9.90 Å². The van der Waals surface area contributed by atoms with Crippen molar-refractivity contribution in [2.75, 3.05) is 0 Å². The zero-order valence-electron chi connectivity index (χ0n) is 4.33. The quantitative estimate of drug-likeness (QED) is 0.317. The molecule has 4 heteroatoms. The van der Waals surface area contributed by atoms with Crippen LogP contribution in [0.4, 0.5) is 0 Å². The predicted molar refractivity (Wildman–Crippen MR) is 28.9 cm³/mol. The van der Waals surface area contributed by atoms with Crippen LogP contribution in [0.3, 0.4) is 0 Å². The SMILES string of the molecule is [C-]#[N+]C(=O)/C=C(\O)[N+]#[C-]. The first-order chi connectivity index (χ1) is 4.20. The Morgan fingerprint density at radius 1 is 1.44 bits per heavy atom. The highest BCUT2D eigenvalue weighted by Crippen LogP contribution is 1.89. The maximum Gasteiger partial charge on any atom is 0.372 e. The fraction of sp³-hybridized carbons (Fsp3) is 0. The van der Waals surface area contributed by atoms with Crippen LogP contribution in [0.25, 0.3) is 9.69 Å². The van der Waals surface area contributed by atoms with Crippen LogP contribution in [0.2, 0.25) is 0 Å². The third kappa shape index (κ3) is 2.84. The number of aliphatic hydroxyl groups excluding tert-OH is 1. The van der Waals surface area contributed by atoms with E-state index in [1.54, 1.807) is 0 Å². The molecule has 0 unspecified atom stereocenters. The molecule has 0 bridgehead atoms. The van der Waals surface area contributed by atoms with E-state index < -0.39 is 11.8 Å². The first-order valence-electron chi connectivity index (χ1n) is 1.90. The van der Waals surface area contributed by atoms with Gasteiger partial charge in [-0.3, -0.25) is 0 Å². The van der Waals surface area contributed by atoms with Crippen molar-refractivity contribution >= 4 is 5.91 Å². The number of hydrogen-bond acceptors (Lipinski definition) is 2. The predicted octanol–water partition coefficient (Wildman–Crippen LogP) is 0.751. The molecule has 0 aromatic carbocycles. The Labute approximate surface area is 51.7 Å². The third-order valence-electron chi connectivity index (χ3n) is 0.477. The van der Waals surface area contributed by atoms with Crippen molar-refractivity contribution in [1.29, 1.82) is 0 Å². The first-order valence-corrected chi connectivity index (χ1v) is 1.90. The lowest BCUT2D eigenvalue weighted by Crippen LogP contribution is -1.82. The second-order valence-corrected chi connectivity index (χ2v) is 1.06. The van der Waals surface area contributed by atoms with Gasteiger partial charge in [0.1, 0.15) is 0 Å². The Kier molecular flexibility index (Phi) is 2.58. The fourth-order valence-corrected chi connectivity index (χ4v) is 0.175. The van der Waals surface area contributed by atoms with Crippen LogP contribution in [0, 0.1) is 13.1 Å². The van der Waals surface area contributed by atoms with Crippen LogP contribution < -0.4 is 0 Å². The topological polar surface area (TPSA) is 46.0 Å². The standard InChI is InChI=1S/C5H2N2O2/c1-6-4(8)3-5(9)7-2/h3,8H/b4-3-. The van der Waals surface area contributed by atoms with E-state index in [0.717, 1.165) is 0 Å². The van der Waals surface area contributed by atoms with E-state index in [4.69, 9.17) is 18.3 Å². The number of aliphatic hydroxyl groups is 1. The van der Waals surface area contributed by atoms with Gasteiger partial charge in [-0.15, -0.1) is 0 Å². The molecule has 4 nitrogen and oxygen atoms in total. The maximum atomic E-state index is 10.0. The monoisotopic (exact) mass is 122 g/mol. The van der Waals surface area contributed by atoms with E-state index in [0.29, 0.717) is 6.08 Å². The Hall–Kier alpha value is -1.81. The number of hydrogen-bond donors (Lipinski definition) is 1. The highest BCUT2D eigenvalue weighted by molar-refractivity contribution is 5.96. The smallest absolute Gasteiger partial charge is 0.372 e. The molecular weight excluding hydrogens is 120 g/mol. The molecule has 0 rings (SSSR count). The molecule has 0 heterocycles. The van der Waals surface area contributed by atoms with Crippen molar-refractivity contribution in [2.45, 2.75) is 0 Å². The molecule has 0 fully saturated rings. The zero-order valence-corrected chi connectivity index (χ0v) is 4.33. The summed E-state index contributed by atoms with van der Waals surface area (Å²) in [5.74, 6) is -1.69. The molecule has 0 radical (unpaired) electrons. The number of carbonyl (C=O) groups is 1. The van der Waals surface area contributed by atoms with Crippen LogP contribution in [0.5, 0.6) is 0 Å². The lowest BCUT2D eigenvalue weighted by molar-refractivity contribution is -0.110. The molecule has 0 saturated carbocycles. The molecular formula is C5H2N2O2. The summed E-state index contributed by atoms with van der Waals surface area (Å²) in [6, 6.07) is 0. The third-order valence-corrected chi connectivity index (χ3v) is 0.477. The van der Waals surface area contributed by atoms with Crippen molar-refractivity contribution in [3.05, 3.63) is 34.8 Å². The van der Waals surface area contributed by atoms with Gasteiger partial charge in [0, 0.05) is 6.08 Å². The second kappa shape index (κ2) is 3.23. The van der Waals surface area contributed by atoms with Crippen LogP contribution >= 0.6 is 0 Å². The van der Waals surface area contributed by atoms with Gasteiger partial charge in [-0.05, 0) is 0 Å². The Bertz CT molecular complexity index is 228. The van der Waals surface area contributed by atoms with E-state index >= 15 is 0 Å². The van der Waals surface area contributed by atoms with E-state index in [1.807, 2.05) is 0 Å². The highest BCUT2D eigenvalue weighted by Gasteiger charge is 1.95. The number of carbonyl (C=O) groups excluding carboxylic acids is 1. The van der Waals surface area contributed by atoms with Gasteiger partial charge < -0.3 is 9.90 Å². The summed E-state index contributed by atoms with van der Waals surface area (Å²) in [4.78, 5) is 14.9. The minimum atomic E-state index is -0.941. The summed E-state index contributed by atoms with van der Waals surface area (Å²) in [6.45, 7) is 12.2. The molecule has 0 aromatic heterocycles. The van der Waals surface area contributed by atoms with Crippen molar-refractivity contribution in [3.8, 4) is 0 Å². The van der Waals surface area contributed by atoms with E-state index in [9.17, 15) is 4.79 Å². The summed E-state index contributed by atoms with van der Waals surface area (Å²) in [7, 11) is 0. The molecule has 0 spiro atoms. The van der Waals surface area contributed by atoms with Crippen LogP contribution in [0.1, 0.15) is 0 Å². The van der Waals surface area contributed by atoms with Crippen LogP contribution in [-0.2, 0) is 4.79 Å². The summed E-state index contributed by atoms with van der Waals surface area (Å²) in [6.07, 6.45) is 0.569. The highest BCUT2D eigenvalue weighted by atomic mass is 16.3. The lowest BCUT2D eigenvalue weighted by atomic mass is 10.6. The first kappa shape index (κ1) is 7.19.